The molecule has 1 aromatic heterocycles. The fourth-order valence-corrected chi connectivity index (χ4v) is 6.34. The van der Waals surface area contributed by atoms with E-state index in [-0.39, 0.29) is 11.7 Å². The van der Waals surface area contributed by atoms with Crippen LogP contribution < -0.4 is 5.56 Å². The van der Waals surface area contributed by atoms with Crippen LogP contribution in [0.4, 0.5) is 0 Å². The SMILES string of the molecule is C[C@H]1CCC[C@@H](C[C@H](C)n2c(=O)c(C(=O)O)nc3ccccc32)N1C1CCCCCCCC1. The second kappa shape index (κ2) is 10.8. The number of carbonyl (C=O) groups is 1. The molecule has 1 saturated carbocycles. The first-order valence-electron chi connectivity index (χ1n) is 13.0. The highest BCUT2D eigenvalue weighted by atomic mass is 16.4. The van der Waals surface area contributed by atoms with Gasteiger partial charge < -0.3 is 9.67 Å². The van der Waals surface area contributed by atoms with E-state index < -0.39 is 11.5 Å². The Kier molecular flexibility index (Phi) is 7.84. The number of hydrogen-bond acceptors (Lipinski definition) is 4. The summed E-state index contributed by atoms with van der Waals surface area (Å²) in [6, 6.07) is 8.89. The van der Waals surface area contributed by atoms with E-state index in [1.54, 1.807) is 10.6 Å². The van der Waals surface area contributed by atoms with Crippen molar-refractivity contribution in [1.29, 1.82) is 0 Å². The number of fused-ring (bicyclic) bond motifs is 1. The molecule has 6 nitrogen and oxygen atoms in total. The average molecular weight is 454 g/mol. The van der Waals surface area contributed by atoms with Gasteiger partial charge in [-0.1, -0.05) is 57.1 Å². The maximum atomic E-state index is 13.2. The number of carboxylic acid groups (broad SMARTS) is 1. The molecule has 4 rings (SSSR count). The standard InChI is InChI=1S/C27H39N3O3/c1-19-12-11-15-22(29(19)21-13-7-5-3-4-6-8-14-21)18-20(2)30-24-17-10-9-16-23(24)28-25(26(30)31)27(32)33/h9-10,16-17,19-22H,3-8,11-15,18H2,1-2H3,(H,32,33)/t19-,20-,22-/m0/s1. The molecule has 0 bridgehead atoms. The molecule has 33 heavy (non-hydrogen) atoms. The number of benzene rings is 1. The highest BCUT2D eigenvalue weighted by Crippen LogP contribution is 2.34. The van der Waals surface area contributed by atoms with Crippen molar-refractivity contribution in [2.75, 3.05) is 0 Å². The number of carboxylic acids is 1. The first-order valence-corrected chi connectivity index (χ1v) is 13.0. The average Bonchev–Trinajstić information content (AvgIpc) is 2.92. The van der Waals surface area contributed by atoms with Crippen molar-refractivity contribution in [1.82, 2.24) is 14.5 Å². The van der Waals surface area contributed by atoms with Crippen molar-refractivity contribution in [3.63, 3.8) is 0 Å². The van der Waals surface area contributed by atoms with E-state index in [1.165, 1.54) is 64.2 Å². The van der Waals surface area contributed by atoms with Crippen LogP contribution in [0, 0.1) is 0 Å². The zero-order chi connectivity index (χ0) is 23.4. The third-order valence-corrected chi connectivity index (χ3v) is 7.89. The summed E-state index contributed by atoms with van der Waals surface area (Å²) in [4.78, 5) is 31.9. The van der Waals surface area contributed by atoms with E-state index in [2.05, 4.69) is 23.7 Å². The molecule has 0 unspecified atom stereocenters. The van der Waals surface area contributed by atoms with Gasteiger partial charge in [-0.15, -0.1) is 0 Å². The molecule has 2 heterocycles. The summed E-state index contributed by atoms with van der Waals surface area (Å²) in [5.74, 6) is -1.26. The molecular formula is C27H39N3O3. The molecule has 2 aromatic rings. The number of aromatic nitrogens is 2. The van der Waals surface area contributed by atoms with Gasteiger partial charge in [0.15, 0.2) is 0 Å². The molecule has 2 aliphatic rings. The van der Waals surface area contributed by atoms with Crippen molar-refractivity contribution in [2.24, 2.45) is 0 Å². The van der Waals surface area contributed by atoms with Gasteiger partial charge >= 0.3 is 5.97 Å². The van der Waals surface area contributed by atoms with Gasteiger partial charge in [-0.25, -0.2) is 9.78 Å². The molecule has 1 saturated heterocycles. The number of aromatic carboxylic acids is 1. The zero-order valence-corrected chi connectivity index (χ0v) is 20.2. The van der Waals surface area contributed by atoms with Gasteiger partial charge in [-0.05, 0) is 58.1 Å². The number of likely N-dealkylation sites (tertiary alicyclic amines) is 1. The lowest BCUT2D eigenvalue weighted by Crippen LogP contribution is -2.52. The number of hydrogen-bond donors (Lipinski definition) is 1. The van der Waals surface area contributed by atoms with Gasteiger partial charge in [0, 0.05) is 24.2 Å². The Morgan fingerprint density at radius 1 is 1.03 bits per heavy atom. The van der Waals surface area contributed by atoms with Crippen molar-refractivity contribution in [2.45, 2.75) is 115 Å². The van der Waals surface area contributed by atoms with E-state index in [0.717, 1.165) is 18.4 Å². The predicted molar refractivity (Wildman–Crippen MR) is 132 cm³/mol. The van der Waals surface area contributed by atoms with Crippen LogP contribution in [-0.2, 0) is 0 Å². The molecule has 6 heteroatoms. The van der Waals surface area contributed by atoms with Crippen LogP contribution in [0.5, 0.6) is 0 Å². The minimum absolute atomic E-state index is 0.0994. The largest absolute Gasteiger partial charge is 0.476 e. The number of para-hydroxylation sites is 2. The number of nitrogens with zero attached hydrogens (tertiary/aromatic N) is 3. The minimum Gasteiger partial charge on any atom is -0.476 e. The molecule has 1 aromatic carbocycles. The van der Waals surface area contributed by atoms with Gasteiger partial charge in [0.1, 0.15) is 0 Å². The fourth-order valence-electron chi connectivity index (χ4n) is 6.34. The highest BCUT2D eigenvalue weighted by molar-refractivity contribution is 5.88. The minimum atomic E-state index is -1.26. The summed E-state index contributed by atoms with van der Waals surface area (Å²) in [5, 5.41) is 9.59. The summed E-state index contributed by atoms with van der Waals surface area (Å²) in [7, 11) is 0. The molecule has 0 amide bonds. The van der Waals surface area contributed by atoms with Crippen molar-refractivity contribution >= 4 is 17.0 Å². The number of rotatable bonds is 5. The molecule has 0 radical (unpaired) electrons. The summed E-state index contributed by atoms with van der Waals surface area (Å²) in [6.07, 6.45) is 15.1. The van der Waals surface area contributed by atoms with E-state index >= 15 is 0 Å². The van der Waals surface area contributed by atoms with E-state index in [1.807, 2.05) is 18.2 Å². The van der Waals surface area contributed by atoms with Crippen molar-refractivity contribution in [3.8, 4) is 0 Å². The Morgan fingerprint density at radius 3 is 2.39 bits per heavy atom. The maximum Gasteiger partial charge on any atom is 0.360 e. The first kappa shape index (κ1) is 23.9. The molecular weight excluding hydrogens is 414 g/mol. The Bertz CT molecular complexity index is 1010. The Balaban J connectivity index is 1.64. The first-order chi connectivity index (χ1) is 16.0. The third kappa shape index (κ3) is 5.32. The molecule has 2 fully saturated rings. The highest BCUT2D eigenvalue weighted by Gasteiger charge is 2.34. The molecule has 1 N–H and O–H groups in total. The smallest absolute Gasteiger partial charge is 0.360 e. The van der Waals surface area contributed by atoms with Crippen LogP contribution in [0.15, 0.2) is 29.1 Å². The quantitative estimate of drug-likeness (QED) is 0.620. The van der Waals surface area contributed by atoms with Crippen LogP contribution in [-0.4, -0.2) is 43.7 Å². The second-order valence-corrected chi connectivity index (χ2v) is 10.2. The summed E-state index contributed by atoms with van der Waals surface area (Å²) < 4.78 is 1.69. The van der Waals surface area contributed by atoms with Crippen LogP contribution in [0.2, 0.25) is 0 Å². The van der Waals surface area contributed by atoms with E-state index in [0.29, 0.717) is 23.6 Å². The van der Waals surface area contributed by atoms with Gasteiger partial charge in [0.05, 0.1) is 11.0 Å². The summed E-state index contributed by atoms with van der Waals surface area (Å²) in [6.45, 7) is 4.44. The predicted octanol–water partition coefficient (Wildman–Crippen LogP) is 5.79. The topological polar surface area (TPSA) is 75.4 Å². The number of piperidine rings is 1. The maximum absolute atomic E-state index is 13.2. The third-order valence-electron chi connectivity index (χ3n) is 7.89. The van der Waals surface area contributed by atoms with Crippen LogP contribution in [0.3, 0.4) is 0 Å². The summed E-state index contributed by atoms with van der Waals surface area (Å²) in [5.41, 5.74) is 0.404. The molecule has 1 aliphatic carbocycles. The molecule has 3 atom stereocenters. The van der Waals surface area contributed by atoms with Crippen LogP contribution in [0.25, 0.3) is 11.0 Å². The molecule has 180 valence electrons. The fraction of sp³-hybridized carbons (Fsp3) is 0.667. The van der Waals surface area contributed by atoms with Gasteiger partial charge in [0.25, 0.3) is 5.56 Å². The van der Waals surface area contributed by atoms with Crippen LogP contribution in [0.1, 0.15) is 107 Å². The van der Waals surface area contributed by atoms with Crippen LogP contribution >= 0.6 is 0 Å². The van der Waals surface area contributed by atoms with Crippen molar-refractivity contribution in [3.05, 3.63) is 40.3 Å². The second-order valence-electron chi connectivity index (χ2n) is 10.2. The van der Waals surface area contributed by atoms with Gasteiger partial charge in [-0.2, -0.15) is 0 Å². The monoisotopic (exact) mass is 453 g/mol. The van der Waals surface area contributed by atoms with Crippen molar-refractivity contribution < 1.29 is 9.90 Å². The van der Waals surface area contributed by atoms with E-state index in [4.69, 9.17) is 0 Å². The van der Waals surface area contributed by atoms with Gasteiger partial charge in [-0.3, -0.25) is 9.69 Å². The Morgan fingerprint density at radius 2 is 1.70 bits per heavy atom. The lowest BCUT2D eigenvalue weighted by atomic mass is 9.88. The van der Waals surface area contributed by atoms with Gasteiger partial charge in [0.2, 0.25) is 5.69 Å². The zero-order valence-electron chi connectivity index (χ0n) is 20.2. The molecule has 1 aliphatic heterocycles. The normalized spacial score (nSPS) is 24.7. The Hall–Kier alpha value is -2.21. The lowest BCUT2D eigenvalue weighted by molar-refractivity contribution is 0.0264. The summed E-state index contributed by atoms with van der Waals surface area (Å²) >= 11 is 0. The molecule has 0 spiro atoms. The Labute approximate surface area is 197 Å². The lowest BCUT2D eigenvalue weighted by Gasteiger charge is -2.47. The van der Waals surface area contributed by atoms with E-state index in [9.17, 15) is 14.7 Å².